The molecule has 0 radical (unpaired) electrons. The van der Waals surface area contributed by atoms with Gasteiger partial charge in [-0.3, -0.25) is 4.79 Å². The van der Waals surface area contributed by atoms with E-state index in [0.717, 1.165) is 11.1 Å². The number of amides is 1. The van der Waals surface area contributed by atoms with E-state index in [-0.39, 0.29) is 11.3 Å². The van der Waals surface area contributed by atoms with Gasteiger partial charge in [-0.15, -0.1) is 11.8 Å². The Morgan fingerprint density at radius 2 is 1.52 bits per heavy atom. The predicted molar refractivity (Wildman–Crippen MR) is 111 cm³/mol. The van der Waals surface area contributed by atoms with E-state index in [1.165, 1.54) is 0 Å². The number of benzene rings is 2. The van der Waals surface area contributed by atoms with Crippen molar-refractivity contribution in [3.05, 3.63) is 41.5 Å². The second-order valence-electron chi connectivity index (χ2n) is 6.26. The van der Waals surface area contributed by atoms with E-state index in [9.17, 15) is 4.79 Å². The van der Waals surface area contributed by atoms with Crippen molar-refractivity contribution in [1.82, 2.24) is 4.90 Å². The lowest BCUT2D eigenvalue weighted by Crippen LogP contribution is -2.28. The first kappa shape index (κ1) is 21.0. The standard InChI is InChI=1S/C21H25NO6S/c1-24-15-8-6-7-13(18(15)26-3)11-22-17(23)12-29-21(22)14-9-10-16(25-2)20(28-5)19(14)27-4/h6-10,21H,11-12H2,1-5H3. The molecule has 0 saturated carbocycles. The number of ether oxygens (including phenoxy) is 5. The van der Waals surface area contributed by atoms with Gasteiger partial charge in [-0.1, -0.05) is 12.1 Å². The molecular formula is C21H25NO6S. The Bertz CT molecular complexity index is 888. The molecule has 1 aliphatic rings. The van der Waals surface area contributed by atoms with Crippen molar-refractivity contribution >= 4 is 17.7 Å². The molecule has 7 nitrogen and oxygen atoms in total. The SMILES string of the molecule is COc1cccc(CN2C(=O)CSC2c2ccc(OC)c(OC)c2OC)c1OC. The molecule has 0 aliphatic carbocycles. The summed E-state index contributed by atoms with van der Waals surface area (Å²) in [4.78, 5) is 14.5. The van der Waals surface area contributed by atoms with Crippen LogP contribution in [-0.2, 0) is 11.3 Å². The predicted octanol–water partition coefficient (Wildman–Crippen LogP) is 3.50. The van der Waals surface area contributed by atoms with Crippen molar-refractivity contribution in [2.75, 3.05) is 41.3 Å². The second-order valence-corrected chi connectivity index (χ2v) is 7.33. The van der Waals surface area contributed by atoms with Crippen molar-refractivity contribution in [2.45, 2.75) is 11.9 Å². The summed E-state index contributed by atoms with van der Waals surface area (Å²) < 4.78 is 27.4. The molecule has 156 valence electrons. The molecule has 0 aromatic heterocycles. The Labute approximate surface area is 174 Å². The van der Waals surface area contributed by atoms with Crippen LogP contribution in [0, 0.1) is 0 Å². The molecule has 0 N–H and O–H groups in total. The van der Waals surface area contributed by atoms with Gasteiger partial charge < -0.3 is 28.6 Å². The Balaban J connectivity index is 2.01. The molecule has 1 unspecified atom stereocenters. The van der Waals surface area contributed by atoms with Crippen molar-refractivity contribution in [3.63, 3.8) is 0 Å². The molecule has 1 atom stereocenters. The molecular weight excluding hydrogens is 394 g/mol. The molecule has 29 heavy (non-hydrogen) atoms. The van der Waals surface area contributed by atoms with Crippen molar-refractivity contribution in [2.24, 2.45) is 0 Å². The number of carbonyl (C=O) groups is 1. The fourth-order valence-electron chi connectivity index (χ4n) is 3.46. The maximum atomic E-state index is 12.7. The third-order valence-corrected chi connectivity index (χ3v) is 6.03. The van der Waals surface area contributed by atoms with Gasteiger partial charge in [0, 0.05) is 11.1 Å². The fourth-order valence-corrected chi connectivity index (χ4v) is 4.67. The van der Waals surface area contributed by atoms with E-state index in [2.05, 4.69) is 0 Å². The van der Waals surface area contributed by atoms with Gasteiger partial charge in [0.25, 0.3) is 0 Å². The van der Waals surface area contributed by atoms with Gasteiger partial charge in [0.1, 0.15) is 5.37 Å². The topological polar surface area (TPSA) is 66.5 Å². The van der Waals surface area contributed by atoms with Crippen LogP contribution in [0.2, 0.25) is 0 Å². The van der Waals surface area contributed by atoms with E-state index in [1.54, 1.807) is 47.3 Å². The summed E-state index contributed by atoms with van der Waals surface area (Å²) in [5, 5.41) is -0.229. The van der Waals surface area contributed by atoms with E-state index in [0.29, 0.717) is 41.0 Å². The van der Waals surface area contributed by atoms with Gasteiger partial charge in [0.15, 0.2) is 23.0 Å². The smallest absolute Gasteiger partial charge is 0.234 e. The van der Waals surface area contributed by atoms with Crippen LogP contribution in [0.3, 0.4) is 0 Å². The molecule has 1 amide bonds. The highest BCUT2D eigenvalue weighted by Crippen LogP contribution is 2.49. The highest BCUT2D eigenvalue weighted by Gasteiger charge is 2.36. The van der Waals surface area contributed by atoms with Crippen LogP contribution < -0.4 is 23.7 Å². The van der Waals surface area contributed by atoms with Gasteiger partial charge in [0.2, 0.25) is 11.7 Å². The van der Waals surface area contributed by atoms with Crippen molar-refractivity contribution in [1.29, 1.82) is 0 Å². The van der Waals surface area contributed by atoms with Crippen molar-refractivity contribution < 1.29 is 28.5 Å². The highest BCUT2D eigenvalue weighted by atomic mass is 32.2. The van der Waals surface area contributed by atoms with Gasteiger partial charge >= 0.3 is 0 Å². The van der Waals surface area contributed by atoms with E-state index in [1.807, 2.05) is 35.2 Å². The van der Waals surface area contributed by atoms with Crippen LogP contribution in [0.4, 0.5) is 0 Å². The Kier molecular flexibility index (Phi) is 6.64. The number of methoxy groups -OCH3 is 5. The first-order valence-corrected chi connectivity index (χ1v) is 10.0. The summed E-state index contributed by atoms with van der Waals surface area (Å²) in [5.74, 6) is 3.31. The van der Waals surface area contributed by atoms with Crippen LogP contribution in [0.1, 0.15) is 16.5 Å². The molecule has 0 spiro atoms. The molecule has 3 rings (SSSR count). The summed E-state index contributed by atoms with van der Waals surface area (Å²) in [6.07, 6.45) is 0. The van der Waals surface area contributed by atoms with E-state index >= 15 is 0 Å². The average Bonchev–Trinajstić information content (AvgIpc) is 3.12. The fraction of sp³-hybridized carbons (Fsp3) is 0.381. The number of rotatable bonds is 8. The first-order valence-electron chi connectivity index (χ1n) is 8.99. The zero-order chi connectivity index (χ0) is 21.0. The number of thioether (sulfide) groups is 1. The Morgan fingerprint density at radius 1 is 0.862 bits per heavy atom. The van der Waals surface area contributed by atoms with Crippen LogP contribution in [0.25, 0.3) is 0 Å². The summed E-state index contributed by atoms with van der Waals surface area (Å²) in [5.41, 5.74) is 1.72. The zero-order valence-corrected chi connectivity index (χ0v) is 18.0. The Morgan fingerprint density at radius 3 is 2.14 bits per heavy atom. The van der Waals surface area contributed by atoms with Crippen LogP contribution in [0.5, 0.6) is 28.7 Å². The van der Waals surface area contributed by atoms with Crippen LogP contribution in [0.15, 0.2) is 30.3 Å². The largest absolute Gasteiger partial charge is 0.493 e. The van der Waals surface area contributed by atoms with Crippen molar-refractivity contribution in [3.8, 4) is 28.7 Å². The number of para-hydroxylation sites is 1. The van der Waals surface area contributed by atoms with Gasteiger partial charge in [0.05, 0.1) is 47.8 Å². The Hall–Kier alpha value is -2.74. The first-order chi connectivity index (χ1) is 14.1. The molecule has 1 saturated heterocycles. The van der Waals surface area contributed by atoms with Crippen LogP contribution in [-0.4, -0.2) is 52.1 Å². The monoisotopic (exact) mass is 419 g/mol. The maximum Gasteiger partial charge on any atom is 0.234 e. The normalized spacial score (nSPS) is 16.0. The lowest BCUT2D eigenvalue weighted by atomic mass is 10.1. The number of carbonyl (C=O) groups excluding carboxylic acids is 1. The summed E-state index contributed by atoms with van der Waals surface area (Å²) in [6, 6.07) is 9.38. The third kappa shape index (κ3) is 3.89. The lowest BCUT2D eigenvalue weighted by molar-refractivity contribution is -0.128. The lowest BCUT2D eigenvalue weighted by Gasteiger charge is -2.27. The quantitative estimate of drug-likeness (QED) is 0.649. The molecule has 0 bridgehead atoms. The minimum atomic E-state index is -0.229. The van der Waals surface area contributed by atoms with Crippen LogP contribution >= 0.6 is 11.8 Å². The number of nitrogens with zero attached hydrogens (tertiary/aromatic N) is 1. The third-order valence-electron chi connectivity index (χ3n) is 4.79. The summed E-state index contributed by atoms with van der Waals surface area (Å²) in [6.45, 7) is 0.383. The molecule has 1 heterocycles. The maximum absolute atomic E-state index is 12.7. The van der Waals surface area contributed by atoms with E-state index < -0.39 is 0 Å². The molecule has 1 aliphatic heterocycles. The minimum absolute atomic E-state index is 0.0433. The summed E-state index contributed by atoms with van der Waals surface area (Å²) in [7, 11) is 7.91. The van der Waals surface area contributed by atoms with Gasteiger partial charge in [-0.25, -0.2) is 0 Å². The van der Waals surface area contributed by atoms with Gasteiger partial charge in [-0.05, 0) is 18.2 Å². The highest BCUT2D eigenvalue weighted by molar-refractivity contribution is 8.00. The van der Waals surface area contributed by atoms with E-state index in [4.69, 9.17) is 23.7 Å². The molecule has 2 aromatic carbocycles. The number of hydrogen-bond donors (Lipinski definition) is 0. The summed E-state index contributed by atoms with van der Waals surface area (Å²) >= 11 is 1.54. The number of hydrogen-bond acceptors (Lipinski definition) is 7. The molecule has 2 aromatic rings. The second kappa shape index (κ2) is 9.17. The zero-order valence-electron chi connectivity index (χ0n) is 17.2. The average molecular weight is 419 g/mol. The minimum Gasteiger partial charge on any atom is -0.493 e. The molecule has 8 heteroatoms. The van der Waals surface area contributed by atoms with Gasteiger partial charge in [-0.2, -0.15) is 0 Å². The molecule has 1 fully saturated rings.